The van der Waals surface area contributed by atoms with Crippen molar-refractivity contribution in [2.45, 2.75) is 44.3 Å². The fraction of sp³-hybridized carbons (Fsp3) is 0.364. The van der Waals surface area contributed by atoms with Gasteiger partial charge in [-0.25, -0.2) is 4.39 Å². The Morgan fingerprint density at radius 2 is 1.75 bits per heavy atom. The highest BCUT2D eigenvalue weighted by molar-refractivity contribution is 5.95. The minimum absolute atomic E-state index is 0.0575. The second-order valence-electron chi connectivity index (χ2n) is 7.46. The third-order valence-electron chi connectivity index (χ3n) is 5.13. The smallest absolute Gasteiger partial charge is 0.254 e. The van der Waals surface area contributed by atoms with Gasteiger partial charge in [0.2, 0.25) is 0 Å². The molecule has 2 saturated carbocycles. The lowest BCUT2D eigenvalue weighted by molar-refractivity contribution is 0.0729. The molecule has 2 fully saturated rings. The lowest BCUT2D eigenvalue weighted by Crippen LogP contribution is -2.32. The molecule has 28 heavy (non-hydrogen) atoms. The summed E-state index contributed by atoms with van der Waals surface area (Å²) in [6.07, 6.45) is 4.00. The average molecular weight is 382 g/mol. The standard InChI is InChI=1S/C22H23FN2O3/c1-28-20-11-6-16(12-19(20)23)22(27)25(18-9-10-18)13-14-2-4-15(5-3-14)21(26)24-17-7-8-17/h2-6,11-12,17-18H,7-10,13H2,1H3,(H,24,26). The number of benzene rings is 2. The van der Waals surface area contributed by atoms with Crippen LogP contribution in [0.15, 0.2) is 42.5 Å². The number of hydrogen-bond donors (Lipinski definition) is 1. The Morgan fingerprint density at radius 1 is 1.07 bits per heavy atom. The first-order valence-corrected chi connectivity index (χ1v) is 9.59. The topological polar surface area (TPSA) is 58.6 Å². The first-order chi connectivity index (χ1) is 13.5. The van der Waals surface area contributed by atoms with E-state index in [1.807, 2.05) is 12.1 Å². The van der Waals surface area contributed by atoms with Gasteiger partial charge in [0.25, 0.3) is 11.8 Å². The summed E-state index contributed by atoms with van der Waals surface area (Å²) in [5, 5.41) is 2.96. The molecule has 2 aromatic carbocycles. The number of ether oxygens (including phenoxy) is 1. The largest absolute Gasteiger partial charge is 0.494 e. The summed E-state index contributed by atoms with van der Waals surface area (Å²) in [6.45, 7) is 0.432. The van der Waals surface area contributed by atoms with E-state index in [2.05, 4.69) is 5.32 Å². The van der Waals surface area contributed by atoms with E-state index in [-0.39, 0.29) is 23.6 Å². The lowest BCUT2D eigenvalue weighted by atomic mass is 10.1. The summed E-state index contributed by atoms with van der Waals surface area (Å²) < 4.78 is 18.9. The lowest BCUT2D eigenvalue weighted by Gasteiger charge is -2.23. The molecular formula is C22H23FN2O3. The number of carbonyl (C=O) groups is 2. The third-order valence-corrected chi connectivity index (χ3v) is 5.13. The number of carbonyl (C=O) groups excluding carboxylic acids is 2. The van der Waals surface area contributed by atoms with E-state index in [0.717, 1.165) is 31.2 Å². The zero-order chi connectivity index (χ0) is 19.7. The maximum absolute atomic E-state index is 14.0. The summed E-state index contributed by atoms with van der Waals surface area (Å²) in [5.74, 6) is -0.679. The second-order valence-corrected chi connectivity index (χ2v) is 7.46. The van der Waals surface area contributed by atoms with Gasteiger partial charge in [-0.1, -0.05) is 12.1 Å². The molecule has 2 amide bonds. The van der Waals surface area contributed by atoms with Crippen molar-refractivity contribution in [3.63, 3.8) is 0 Å². The van der Waals surface area contributed by atoms with Gasteiger partial charge in [-0.15, -0.1) is 0 Å². The van der Waals surface area contributed by atoms with Gasteiger partial charge >= 0.3 is 0 Å². The van der Waals surface area contributed by atoms with Crippen molar-refractivity contribution < 1.29 is 18.7 Å². The summed E-state index contributed by atoms with van der Waals surface area (Å²) in [7, 11) is 1.39. The van der Waals surface area contributed by atoms with Crippen LogP contribution in [-0.4, -0.2) is 35.9 Å². The van der Waals surface area contributed by atoms with E-state index >= 15 is 0 Å². The number of nitrogens with one attached hydrogen (secondary N) is 1. The predicted molar refractivity (Wildman–Crippen MR) is 103 cm³/mol. The molecule has 0 aliphatic heterocycles. The Hall–Kier alpha value is -2.89. The van der Waals surface area contributed by atoms with Crippen molar-refractivity contribution in [2.75, 3.05) is 7.11 Å². The molecule has 0 aromatic heterocycles. The molecule has 0 radical (unpaired) electrons. The number of halogens is 1. The molecule has 146 valence electrons. The quantitative estimate of drug-likeness (QED) is 0.797. The maximum Gasteiger partial charge on any atom is 0.254 e. The highest BCUT2D eigenvalue weighted by Gasteiger charge is 2.33. The molecule has 2 aliphatic rings. The van der Waals surface area contributed by atoms with Gasteiger partial charge in [0.1, 0.15) is 0 Å². The number of rotatable bonds is 7. The monoisotopic (exact) mass is 382 g/mol. The average Bonchev–Trinajstić information content (AvgIpc) is 3.60. The fourth-order valence-electron chi connectivity index (χ4n) is 3.17. The molecule has 5 nitrogen and oxygen atoms in total. The van der Waals surface area contributed by atoms with E-state index < -0.39 is 5.82 Å². The summed E-state index contributed by atoms with van der Waals surface area (Å²) in [4.78, 5) is 26.8. The van der Waals surface area contributed by atoms with Crippen LogP contribution in [0.2, 0.25) is 0 Å². The molecule has 0 atom stereocenters. The number of hydrogen-bond acceptors (Lipinski definition) is 3. The Labute approximate surface area is 163 Å². The van der Waals surface area contributed by atoms with Gasteiger partial charge in [-0.05, 0) is 61.6 Å². The van der Waals surface area contributed by atoms with Gasteiger partial charge in [0.05, 0.1) is 7.11 Å². The molecule has 0 unspecified atom stereocenters. The van der Waals surface area contributed by atoms with Crippen LogP contribution in [-0.2, 0) is 6.54 Å². The van der Waals surface area contributed by atoms with Crippen molar-refractivity contribution in [1.29, 1.82) is 0 Å². The normalized spacial score (nSPS) is 15.8. The van der Waals surface area contributed by atoms with Crippen molar-refractivity contribution in [3.05, 3.63) is 65.0 Å². The summed E-state index contributed by atoms with van der Waals surface area (Å²) >= 11 is 0. The molecule has 2 aromatic rings. The van der Waals surface area contributed by atoms with Crippen LogP contribution in [0.25, 0.3) is 0 Å². The van der Waals surface area contributed by atoms with Crippen LogP contribution in [0.4, 0.5) is 4.39 Å². The summed E-state index contributed by atoms with van der Waals surface area (Å²) in [5.41, 5.74) is 1.88. The second kappa shape index (κ2) is 7.62. The molecule has 0 bridgehead atoms. The molecule has 0 saturated heterocycles. The Bertz CT molecular complexity index is 889. The fourth-order valence-corrected chi connectivity index (χ4v) is 3.17. The van der Waals surface area contributed by atoms with Crippen molar-refractivity contribution >= 4 is 11.8 Å². The van der Waals surface area contributed by atoms with Crippen LogP contribution < -0.4 is 10.1 Å². The van der Waals surface area contributed by atoms with E-state index in [0.29, 0.717) is 23.7 Å². The van der Waals surface area contributed by atoms with Crippen LogP contribution in [0, 0.1) is 5.82 Å². The molecular weight excluding hydrogens is 359 g/mol. The Kier molecular flexibility index (Phi) is 5.03. The molecule has 6 heteroatoms. The van der Waals surface area contributed by atoms with E-state index in [4.69, 9.17) is 4.74 Å². The highest BCUT2D eigenvalue weighted by Crippen LogP contribution is 2.30. The number of amides is 2. The molecule has 0 heterocycles. The van der Waals surface area contributed by atoms with E-state index in [1.54, 1.807) is 23.1 Å². The van der Waals surface area contributed by atoms with Gasteiger partial charge < -0.3 is 15.0 Å². The predicted octanol–water partition coefficient (Wildman–Crippen LogP) is 3.53. The van der Waals surface area contributed by atoms with Crippen LogP contribution in [0.5, 0.6) is 5.75 Å². The molecule has 1 N–H and O–H groups in total. The minimum Gasteiger partial charge on any atom is -0.494 e. The zero-order valence-electron chi connectivity index (χ0n) is 15.8. The molecule has 2 aliphatic carbocycles. The minimum atomic E-state index is -0.546. The molecule has 0 spiro atoms. The van der Waals surface area contributed by atoms with Crippen LogP contribution in [0.1, 0.15) is 52.0 Å². The van der Waals surface area contributed by atoms with Gasteiger partial charge in [0, 0.05) is 29.8 Å². The SMILES string of the molecule is COc1ccc(C(=O)N(Cc2ccc(C(=O)NC3CC3)cc2)C2CC2)cc1F. The van der Waals surface area contributed by atoms with Crippen molar-refractivity contribution in [3.8, 4) is 5.75 Å². The Balaban J connectivity index is 1.47. The van der Waals surface area contributed by atoms with E-state index in [1.165, 1.54) is 19.2 Å². The number of nitrogens with zero attached hydrogens (tertiary/aromatic N) is 1. The summed E-state index contributed by atoms with van der Waals surface area (Å²) in [6, 6.07) is 12.1. The van der Waals surface area contributed by atoms with Crippen LogP contribution in [0.3, 0.4) is 0 Å². The van der Waals surface area contributed by atoms with Gasteiger partial charge in [-0.2, -0.15) is 0 Å². The molecule has 4 rings (SSSR count). The van der Waals surface area contributed by atoms with E-state index in [9.17, 15) is 14.0 Å². The third kappa shape index (κ3) is 4.16. The zero-order valence-corrected chi connectivity index (χ0v) is 15.8. The van der Waals surface area contributed by atoms with Crippen LogP contribution >= 0.6 is 0 Å². The Morgan fingerprint density at radius 3 is 2.32 bits per heavy atom. The van der Waals surface area contributed by atoms with Gasteiger partial charge in [0.15, 0.2) is 11.6 Å². The first-order valence-electron chi connectivity index (χ1n) is 9.59. The maximum atomic E-state index is 14.0. The van der Waals surface area contributed by atoms with Crippen molar-refractivity contribution in [1.82, 2.24) is 10.2 Å². The number of methoxy groups -OCH3 is 1. The highest BCUT2D eigenvalue weighted by atomic mass is 19.1. The van der Waals surface area contributed by atoms with Crippen molar-refractivity contribution in [2.24, 2.45) is 0 Å². The first kappa shape index (κ1) is 18.5. The van der Waals surface area contributed by atoms with Gasteiger partial charge in [-0.3, -0.25) is 9.59 Å².